The summed E-state index contributed by atoms with van der Waals surface area (Å²) < 4.78 is 0. The van der Waals surface area contributed by atoms with E-state index in [1.165, 1.54) is 12.0 Å². The number of hydrogen-bond acceptors (Lipinski definition) is 2. The van der Waals surface area contributed by atoms with Gasteiger partial charge in [0.15, 0.2) is 0 Å². The lowest BCUT2D eigenvalue weighted by Crippen LogP contribution is -2.45. The minimum atomic E-state index is 0.505. The third kappa shape index (κ3) is 4.79. The summed E-state index contributed by atoms with van der Waals surface area (Å²) in [5.74, 6) is 0. The summed E-state index contributed by atoms with van der Waals surface area (Å²) in [6.45, 7) is 8.67. The minimum Gasteiger partial charge on any atom is -0.329 e. The van der Waals surface area contributed by atoms with E-state index < -0.39 is 0 Å². The second kappa shape index (κ2) is 8.28. The van der Waals surface area contributed by atoms with Gasteiger partial charge in [-0.2, -0.15) is 0 Å². The summed E-state index contributed by atoms with van der Waals surface area (Å²) in [5, 5.41) is 0. The monoisotopic (exact) mass is 248 g/mol. The van der Waals surface area contributed by atoms with Crippen molar-refractivity contribution in [3.63, 3.8) is 0 Å². The third-order valence-corrected chi connectivity index (χ3v) is 3.50. The van der Waals surface area contributed by atoms with E-state index in [0.717, 1.165) is 25.9 Å². The van der Waals surface area contributed by atoms with Gasteiger partial charge in [0.1, 0.15) is 0 Å². The van der Waals surface area contributed by atoms with Gasteiger partial charge in [0.05, 0.1) is 0 Å². The van der Waals surface area contributed by atoms with Crippen molar-refractivity contribution >= 4 is 0 Å². The maximum Gasteiger partial charge on any atom is 0.0224 e. The van der Waals surface area contributed by atoms with E-state index in [4.69, 9.17) is 5.73 Å². The van der Waals surface area contributed by atoms with E-state index in [-0.39, 0.29) is 0 Å². The molecule has 1 aromatic rings. The maximum absolute atomic E-state index is 5.96. The Labute approximate surface area is 112 Å². The fraction of sp³-hybridized carbons (Fsp3) is 0.625. The lowest BCUT2D eigenvalue weighted by molar-refractivity contribution is 0.149. The van der Waals surface area contributed by atoms with Crippen molar-refractivity contribution in [1.29, 1.82) is 0 Å². The predicted octanol–water partition coefficient (Wildman–Crippen LogP) is 3.07. The van der Waals surface area contributed by atoms with E-state index >= 15 is 0 Å². The van der Waals surface area contributed by atoms with Crippen LogP contribution in [0.4, 0.5) is 0 Å². The number of aryl methyl sites for hydroxylation is 1. The summed E-state index contributed by atoms with van der Waals surface area (Å²) in [7, 11) is 0. The topological polar surface area (TPSA) is 29.3 Å². The molecule has 0 aliphatic carbocycles. The summed E-state index contributed by atoms with van der Waals surface area (Å²) in [5.41, 5.74) is 7.38. The Hall–Kier alpha value is -0.860. The van der Waals surface area contributed by atoms with Gasteiger partial charge in [0.25, 0.3) is 0 Å². The van der Waals surface area contributed by atoms with E-state index in [9.17, 15) is 0 Å². The predicted molar refractivity (Wildman–Crippen MR) is 79.7 cm³/mol. The molecule has 1 rings (SSSR count). The van der Waals surface area contributed by atoms with E-state index in [0.29, 0.717) is 12.1 Å². The van der Waals surface area contributed by atoms with Gasteiger partial charge in [0.2, 0.25) is 0 Å². The quantitative estimate of drug-likeness (QED) is 0.766. The maximum atomic E-state index is 5.96. The lowest BCUT2D eigenvalue weighted by atomic mass is 10.0. The van der Waals surface area contributed by atoms with Crippen LogP contribution in [-0.2, 0) is 6.42 Å². The van der Waals surface area contributed by atoms with Gasteiger partial charge in [-0.3, -0.25) is 4.90 Å². The van der Waals surface area contributed by atoms with Gasteiger partial charge in [-0.15, -0.1) is 0 Å². The van der Waals surface area contributed by atoms with Gasteiger partial charge < -0.3 is 5.73 Å². The van der Waals surface area contributed by atoms with Crippen LogP contribution in [0.2, 0.25) is 0 Å². The van der Waals surface area contributed by atoms with E-state index in [1.54, 1.807) is 0 Å². The highest BCUT2D eigenvalue weighted by atomic mass is 15.2. The highest BCUT2D eigenvalue weighted by Gasteiger charge is 2.18. The largest absolute Gasteiger partial charge is 0.329 e. The molecule has 0 heterocycles. The zero-order valence-corrected chi connectivity index (χ0v) is 12.1. The number of rotatable bonds is 8. The minimum absolute atomic E-state index is 0.505. The molecule has 102 valence electrons. The van der Waals surface area contributed by atoms with Crippen molar-refractivity contribution in [3.8, 4) is 0 Å². The molecule has 2 nitrogen and oxygen atoms in total. The molecule has 0 fully saturated rings. The van der Waals surface area contributed by atoms with E-state index in [1.807, 2.05) is 0 Å². The third-order valence-electron chi connectivity index (χ3n) is 3.50. The molecular formula is C16H28N2. The van der Waals surface area contributed by atoms with Crippen molar-refractivity contribution in [2.75, 3.05) is 13.1 Å². The highest BCUT2D eigenvalue weighted by molar-refractivity contribution is 5.14. The average molecular weight is 248 g/mol. The standard InChI is InChI=1S/C16H28N2/c1-4-12-18(14(2)3)16(13-17)11-10-15-8-6-5-7-9-15/h5-9,14,16H,4,10-13,17H2,1-3H3. The Morgan fingerprint density at radius 1 is 1.17 bits per heavy atom. The van der Waals surface area contributed by atoms with Crippen LogP contribution >= 0.6 is 0 Å². The van der Waals surface area contributed by atoms with Crippen molar-refractivity contribution < 1.29 is 0 Å². The van der Waals surface area contributed by atoms with Crippen LogP contribution in [-0.4, -0.2) is 30.1 Å². The first-order chi connectivity index (χ1) is 8.69. The van der Waals surface area contributed by atoms with Gasteiger partial charge >= 0.3 is 0 Å². The van der Waals surface area contributed by atoms with Crippen molar-refractivity contribution in [2.24, 2.45) is 5.73 Å². The molecule has 0 amide bonds. The first-order valence-corrected chi connectivity index (χ1v) is 7.18. The fourth-order valence-electron chi connectivity index (χ4n) is 2.52. The fourth-order valence-corrected chi connectivity index (χ4v) is 2.52. The summed E-state index contributed by atoms with van der Waals surface area (Å²) in [6.07, 6.45) is 3.47. The van der Waals surface area contributed by atoms with Crippen molar-refractivity contribution in [2.45, 2.75) is 52.1 Å². The molecule has 0 saturated carbocycles. The lowest BCUT2D eigenvalue weighted by Gasteiger charge is -2.34. The Morgan fingerprint density at radius 2 is 1.83 bits per heavy atom. The molecule has 0 spiro atoms. The van der Waals surface area contributed by atoms with Crippen LogP contribution in [0.15, 0.2) is 30.3 Å². The van der Waals surface area contributed by atoms with Crippen molar-refractivity contribution in [3.05, 3.63) is 35.9 Å². The normalized spacial score (nSPS) is 13.2. The van der Waals surface area contributed by atoms with E-state index in [2.05, 4.69) is 56.0 Å². The van der Waals surface area contributed by atoms with Crippen molar-refractivity contribution in [1.82, 2.24) is 4.90 Å². The molecule has 0 radical (unpaired) electrons. The SMILES string of the molecule is CCCN(C(C)C)C(CN)CCc1ccccc1. The number of benzene rings is 1. The smallest absolute Gasteiger partial charge is 0.0224 e. The number of hydrogen-bond donors (Lipinski definition) is 1. The van der Waals surface area contributed by atoms with Gasteiger partial charge in [-0.25, -0.2) is 0 Å². The molecule has 1 unspecified atom stereocenters. The summed E-state index contributed by atoms with van der Waals surface area (Å²) in [4.78, 5) is 2.54. The van der Waals surface area contributed by atoms with Gasteiger partial charge in [-0.05, 0) is 45.2 Å². The number of nitrogens with two attached hydrogens (primary N) is 1. The van der Waals surface area contributed by atoms with Crippen LogP contribution in [0.5, 0.6) is 0 Å². The first kappa shape index (κ1) is 15.2. The molecule has 2 N–H and O–H groups in total. The van der Waals surface area contributed by atoms with Crippen LogP contribution < -0.4 is 5.73 Å². The second-order valence-electron chi connectivity index (χ2n) is 5.25. The highest BCUT2D eigenvalue weighted by Crippen LogP contribution is 2.13. The van der Waals surface area contributed by atoms with Crippen LogP contribution in [0.25, 0.3) is 0 Å². The number of nitrogens with zero attached hydrogens (tertiary/aromatic N) is 1. The molecule has 0 saturated heterocycles. The Morgan fingerprint density at radius 3 is 2.33 bits per heavy atom. The molecule has 0 bridgehead atoms. The van der Waals surface area contributed by atoms with Gasteiger partial charge in [-0.1, -0.05) is 37.3 Å². The Kier molecular flexibility index (Phi) is 6.99. The molecule has 2 heteroatoms. The summed E-state index contributed by atoms with van der Waals surface area (Å²) >= 11 is 0. The Bertz CT molecular complexity index is 308. The molecule has 18 heavy (non-hydrogen) atoms. The second-order valence-corrected chi connectivity index (χ2v) is 5.25. The molecule has 1 atom stereocenters. The average Bonchev–Trinajstić information content (AvgIpc) is 2.39. The molecule has 1 aromatic carbocycles. The molecule has 0 aliphatic heterocycles. The van der Waals surface area contributed by atoms with Crippen LogP contribution in [0.3, 0.4) is 0 Å². The molecule has 0 aromatic heterocycles. The van der Waals surface area contributed by atoms with Crippen LogP contribution in [0.1, 0.15) is 39.2 Å². The van der Waals surface area contributed by atoms with Crippen LogP contribution in [0, 0.1) is 0 Å². The zero-order valence-electron chi connectivity index (χ0n) is 12.1. The first-order valence-electron chi connectivity index (χ1n) is 7.18. The molecular weight excluding hydrogens is 220 g/mol. The summed E-state index contributed by atoms with van der Waals surface area (Å²) in [6, 6.07) is 11.8. The zero-order chi connectivity index (χ0) is 13.4. The Balaban J connectivity index is 2.54. The van der Waals surface area contributed by atoms with Gasteiger partial charge in [0, 0.05) is 18.6 Å². The molecule has 0 aliphatic rings.